The summed E-state index contributed by atoms with van der Waals surface area (Å²) in [6, 6.07) is 3.14. The van der Waals surface area contributed by atoms with Crippen LogP contribution in [0.1, 0.15) is 18.4 Å². The molecule has 0 spiro atoms. The van der Waals surface area contributed by atoms with Crippen LogP contribution in [-0.2, 0) is 30.3 Å². The molecule has 150 valence electrons. The fraction of sp³-hybridized carbons (Fsp3) is 0.400. The molecular weight excluding hydrogens is 391 g/mol. The fourth-order valence-electron chi connectivity index (χ4n) is 1.61. The largest absolute Gasteiger partial charge is 0.504 e. The van der Waals surface area contributed by atoms with Crippen molar-refractivity contribution in [2.24, 2.45) is 11.5 Å². The van der Waals surface area contributed by atoms with Crippen LogP contribution in [0.2, 0.25) is 0 Å². The number of hydrogen-bond donors (Lipinski definition) is 4. The Bertz CT molecular complexity index is 547. The van der Waals surface area contributed by atoms with Crippen LogP contribution in [-0.4, -0.2) is 48.3 Å². The molecule has 1 atom stereocenters. The van der Waals surface area contributed by atoms with Gasteiger partial charge in [0.25, 0.3) is 0 Å². The van der Waals surface area contributed by atoms with Crippen molar-refractivity contribution in [1.82, 2.24) is 0 Å². The lowest BCUT2D eigenvalue weighted by molar-refractivity contribution is -0.168. The molecule has 26 heavy (non-hydrogen) atoms. The van der Waals surface area contributed by atoms with Gasteiger partial charge in [0.15, 0.2) is 11.5 Å². The predicted molar refractivity (Wildman–Crippen MR) is 98.4 cm³/mol. The maximum absolute atomic E-state index is 11.6. The number of ether oxygens (including phenoxy) is 2. The van der Waals surface area contributed by atoms with Crippen molar-refractivity contribution in [3.63, 3.8) is 0 Å². The van der Waals surface area contributed by atoms with E-state index in [2.05, 4.69) is 4.74 Å². The molecule has 0 aliphatic heterocycles. The van der Waals surface area contributed by atoms with Gasteiger partial charge >= 0.3 is 11.9 Å². The second-order valence-corrected chi connectivity index (χ2v) is 4.62. The van der Waals surface area contributed by atoms with E-state index in [0.29, 0.717) is 18.5 Å². The molecule has 1 aromatic rings. The molecule has 1 aromatic carbocycles. The molecule has 0 unspecified atom stereocenters. The van der Waals surface area contributed by atoms with Crippen LogP contribution < -0.4 is 11.5 Å². The van der Waals surface area contributed by atoms with Gasteiger partial charge in [0.1, 0.15) is 12.8 Å². The molecule has 0 bridgehead atoms. The average Bonchev–Trinajstić information content (AvgIpc) is 2.58. The van der Waals surface area contributed by atoms with Crippen molar-refractivity contribution in [3.05, 3.63) is 23.8 Å². The maximum atomic E-state index is 11.6. The molecular formula is C15H24Cl2N2O7. The first-order valence-electron chi connectivity index (χ1n) is 7.01. The number of benzene rings is 1. The van der Waals surface area contributed by atoms with Crippen molar-refractivity contribution < 1.29 is 34.1 Å². The van der Waals surface area contributed by atoms with Gasteiger partial charge in [-0.2, -0.15) is 0 Å². The zero-order valence-electron chi connectivity index (χ0n) is 14.0. The number of halogens is 2. The van der Waals surface area contributed by atoms with Crippen LogP contribution in [0, 0.1) is 0 Å². The van der Waals surface area contributed by atoms with E-state index < -0.39 is 24.8 Å². The van der Waals surface area contributed by atoms with E-state index in [1.54, 1.807) is 0 Å². The first-order chi connectivity index (χ1) is 11.4. The Kier molecular flexibility index (Phi) is 18.1. The lowest BCUT2D eigenvalue weighted by atomic mass is 10.1. The van der Waals surface area contributed by atoms with Crippen molar-refractivity contribution in [3.8, 4) is 11.5 Å². The van der Waals surface area contributed by atoms with Gasteiger partial charge in [-0.3, -0.25) is 9.59 Å². The molecule has 0 radical (unpaired) electrons. The van der Waals surface area contributed by atoms with Gasteiger partial charge < -0.3 is 35.9 Å². The summed E-state index contributed by atoms with van der Waals surface area (Å²) in [5, 5.41) is 18.5. The number of rotatable bonds is 8. The second kappa shape index (κ2) is 16.4. The molecule has 9 nitrogen and oxygen atoms in total. The Morgan fingerprint density at radius 3 is 2.27 bits per heavy atom. The third-order valence-corrected chi connectivity index (χ3v) is 2.80. The van der Waals surface area contributed by atoms with E-state index in [4.69, 9.17) is 21.0 Å². The average molecular weight is 415 g/mol. The SMILES string of the molecule is C=O.Cl.Cl.NCCCC(=O)OCOC(=O)[C@@H](N)Cc1ccc(O)c(O)c1. The zero-order valence-corrected chi connectivity index (χ0v) is 15.6. The molecule has 0 saturated carbocycles. The lowest BCUT2D eigenvalue weighted by Crippen LogP contribution is -2.35. The summed E-state index contributed by atoms with van der Waals surface area (Å²) in [5.74, 6) is -1.80. The van der Waals surface area contributed by atoms with Gasteiger partial charge in [-0.05, 0) is 37.1 Å². The van der Waals surface area contributed by atoms with Crippen LogP contribution in [0.15, 0.2) is 18.2 Å². The van der Waals surface area contributed by atoms with Crippen molar-refractivity contribution in [2.45, 2.75) is 25.3 Å². The fourth-order valence-corrected chi connectivity index (χ4v) is 1.61. The first-order valence-corrected chi connectivity index (χ1v) is 7.01. The van der Waals surface area contributed by atoms with Gasteiger partial charge in [-0.15, -0.1) is 24.8 Å². The predicted octanol–water partition coefficient (Wildman–Crippen LogP) is 0.409. The van der Waals surface area contributed by atoms with Crippen molar-refractivity contribution in [1.29, 1.82) is 0 Å². The highest BCUT2D eigenvalue weighted by atomic mass is 35.5. The van der Waals surface area contributed by atoms with Crippen molar-refractivity contribution >= 4 is 43.5 Å². The second-order valence-electron chi connectivity index (χ2n) is 4.62. The van der Waals surface area contributed by atoms with Crippen LogP contribution >= 0.6 is 24.8 Å². The molecule has 0 fully saturated rings. The van der Waals surface area contributed by atoms with E-state index in [9.17, 15) is 19.8 Å². The molecule has 0 amide bonds. The van der Waals surface area contributed by atoms with Gasteiger partial charge in [-0.25, -0.2) is 0 Å². The highest BCUT2D eigenvalue weighted by molar-refractivity contribution is 5.85. The Hall–Kier alpha value is -2.07. The summed E-state index contributed by atoms with van der Waals surface area (Å²) in [7, 11) is 0. The van der Waals surface area contributed by atoms with E-state index in [-0.39, 0.29) is 49.2 Å². The van der Waals surface area contributed by atoms with E-state index in [1.807, 2.05) is 6.79 Å². The van der Waals surface area contributed by atoms with Gasteiger partial charge in [0.05, 0.1) is 0 Å². The number of aromatic hydroxyl groups is 2. The number of carbonyl (C=O) groups is 3. The Labute approximate surface area is 163 Å². The summed E-state index contributed by atoms with van der Waals surface area (Å²) in [6.07, 6.45) is 0.761. The summed E-state index contributed by atoms with van der Waals surface area (Å²) in [5.41, 5.74) is 11.5. The molecule has 0 heterocycles. The Balaban J connectivity index is -0.00000127. The van der Waals surface area contributed by atoms with Crippen LogP contribution in [0.25, 0.3) is 0 Å². The highest BCUT2D eigenvalue weighted by Gasteiger charge is 2.17. The molecule has 1 rings (SSSR count). The lowest BCUT2D eigenvalue weighted by Gasteiger charge is -2.12. The molecule has 0 aliphatic rings. The van der Waals surface area contributed by atoms with Gasteiger partial charge in [0.2, 0.25) is 6.79 Å². The number of carbonyl (C=O) groups excluding carboxylic acids is 3. The monoisotopic (exact) mass is 414 g/mol. The summed E-state index contributed by atoms with van der Waals surface area (Å²) in [4.78, 5) is 30.8. The van der Waals surface area contributed by atoms with E-state index in [0.717, 1.165) is 0 Å². The number of nitrogens with two attached hydrogens (primary N) is 2. The minimum absolute atomic E-state index is 0. The summed E-state index contributed by atoms with van der Waals surface area (Å²) >= 11 is 0. The zero-order chi connectivity index (χ0) is 18.5. The molecule has 0 aromatic heterocycles. The number of esters is 2. The minimum Gasteiger partial charge on any atom is -0.504 e. The first kappa shape index (κ1) is 28.7. The summed E-state index contributed by atoms with van der Waals surface area (Å²) < 4.78 is 9.41. The number of hydrogen-bond acceptors (Lipinski definition) is 9. The Morgan fingerprint density at radius 2 is 1.73 bits per heavy atom. The smallest absolute Gasteiger partial charge is 0.326 e. The van der Waals surface area contributed by atoms with Crippen LogP contribution in [0.5, 0.6) is 11.5 Å². The number of phenolic OH excluding ortho intramolecular Hbond substituents is 2. The van der Waals surface area contributed by atoms with Crippen molar-refractivity contribution in [2.75, 3.05) is 13.3 Å². The topological polar surface area (TPSA) is 162 Å². The molecule has 0 saturated heterocycles. The molecule has 11 heteroatoms. The third kappa shape index (κ3) is 11.5. The summed E-state index contributed by atoms with van der Waals surface area (Å²) in [6.45, 7) is 1.87. The number of phenols is 2. The normalized spacial score (nSPS) is 10.1. The quantitative estimate of drug-likeness (QED) is 0.268. The minimum atomic E-state index is -0.980. The van der Waals surface area contributed by atoms with Gasteiger partial charge in [0, 0.05) is 6.42 Å². The van der Waals surface area contributed by atoms with E-state index >= 15 is 0 Å². The standard InChI is InChI=1S/C14H20N2O6.CH2O.2ClH/c15-5-1-2-13(19)21-8-22-14(20)10(16)6-9-3-4-11(17)12(18)7-9;1-2;;/h3-4,7,10,17-18H,1-2,5-6,8,15-16H2;1H2;2*1H/t10-;;;/m0.../s1. The third-order valence-electron chi connectivity index (χ3n) is 2.80. The van der Waals surface area contributed by atoms with E-state index in [1.165, 1.54) is 18.2 Å². The van der Waals surface area contributed by atoms with Crippen LogP contribution in [0.4, 0.5) is 0 Å². The molecule has 0 aliphatic carbocycles. The maximum Gasteiger partial charge on any atom is 0.326 e. The van der Waals surface area contributed by atoms with Gasteiger partial charge in [-0.1, -0.05) is 6.07 Å². The molecule has 6 N–H and O–H groups in total. The Morgan fingerprint density at radius 1 is 1.12 bits per heavy atom. The van der Waals surface area contributed by atoms with Crippen LogP contribution in [0.3, 0.4) is 0 Å². The highest BCUT2D eigenvalue weighted by Crippen LogP contribution is 2.25.